The maximum absolute atomic E-state index is 13.1. The Labute approximate surface area is 201 Å². The number of aromatic nitrogens is 3. The molecule has 0 radical (unpaired) electrons. The summed E-state index contributed by atoms with van der Waals surface area (Å²) >= 11 is 2.82. The number of nitrogens with zero attached hydrogens (tertiary/aromatic N) is 5. The van der Waals surface area contributed by atoms with Crippen molar-refractivity contribution in [2.45, 2.75) is 36.8 Å². The third kappa shape index (κ3) is 7.20. The Kier molecular flexibility index (Phi) is 8.65. The lowest BCUT2D eigenvalue weighted by Gasteiger charge is -2.30. The molecule has 2 aromatic rings. The van der Waals surface area contributed by atoms with Crippen LogP contribution in [0.2, 0.25) is 0 Å². The molecule has 2 aromatic heterocycles. The fourth-order valence-corrected chi connectivity index (χ4v) is 5.65. The predicted molar refractivity (Wildman–Crippen MR) is 125 cm³/mol. The van der Waals surface area contributed by atoms with Crippen LogP contribution in [0.1, 0.15) is 23.4 Å². The first-order valence-electron chi connectivity index (χ1n) is 11.1. The van der Waals surface area contributed by atoms with Gasteiger partial charge < -0.3 is 19.3 Å². The van der Waals surface area contributed by atoms with Crippen molar-refractivity contribution in [1.82, 2.24) is 25.0 Å². The Morgan fingerprint density at radius 3 is 2.76 bits per heavy atom. The zero-order valence-corrected chi connectivity index (χ0v) is 20.4. The van der Waals surface area contributed by atoms with Crippen molar-refractivity contribution in [2.24, 2.45) is 5.92 Å². The molecule has 0 saturated carbocycles. The molecule has 2 saturated heterocycles. The van der Waals surface area contributed by atoms with Gasteiger partial charge in [0, 0.05) is 45.2 Å². The molecule has 4 rings (SSSR count). The lowest BCUT2D eigenvalue weighted by Crippen LogP contribution is -2.42. The number of thioether (sulfide) groups is 1. The number of pyridine rings is 1. The molecule has 0 aromatic carbocycles. The first kappa shape index (κ1) is 24.1. The summed E-state index contributed by atoms with van der Waals surface area (Å²) in [6.07, 6.45) is 5.10. The van der Waals surface area contributed by atoms with Crippen molar-refractivity contribution in [1.29, 1.82) is 0 Å². The molecule has 1 unspecified atom stereocenters. The molecule has 0 N–H and O–H groups in total. The van der Waals surface area contributed by atoms with Gasteiger partial charge in [-0.15, -0.1) is 10.2 Å². The fourth-order valence-electron chi connectivity index (χ4n) is 3.94. The van der Waals surface area contributed by atoms with Gasteiger partial charge in [0.1, 0.15) is 5.01 Å². The molecule has 0 spiro atoms. The fraction of sp³-hybridized carbons (Fsp3) is 0.591. The Hall–Kier alpha value is -2.08. The maximum atomic E-state index is 13.1. The van der Waals surface area contributed by atoms with Crippen LogP contribution in [-0.4, -0.2) is 88.0 Å². The predicted octanol–water partition coefficient (Wildman–Crippen LogP) is 2.02. The molecule has 0 aliphatic carbocycles. The Morgan fingerprint density at radius 2 is 2.03 bits per heavy atom. The highest BCUT2D eigenvalue weighted by atomic mass is 32.2. The van der Waals surface area contributed by atoms with E-state index in [1.165, 1.54) is 23.1 Å². The summed E-state index contributed by atoms with van der Waals surface area (Å²) in [4.78, 5) is 33.7. The van der Waals surface area contributed by atoms with Gasteiger partial charge in [-0.05, 0) is 43.4 Å². The van der Waals surface area contributed by atoms with E-state index in [9.17, 15) is 9.59 Å². The van der Waals surface area contributed by atoms with Crippen molar-refractivity contribution in [3.63, 3.8) is 0 Å². The van der Waals surface area contributed by atoms with Gasteiger partial charge in [-0.1, -0.05) is 23.1 Å². The van der Waals surface area contributed by atoms with Crippen LogP contribution in [0.15, 0.2) is 28.9 Å². The van der Waals surface area contributed by atoms with Gasteiger partial charge in [-0.3, -0.25) is 14.6 Å². The van der Waals surface area contributed by atoms with E-state index in [0.717, 1.165) is 41.0 Å². The summed E-state index contributed by atoms with van der Waals surface area (Å²) in [7, 11) is 0. The van der Waals surface area contributed by atoms with Gasteiger partial charge in [0.2, 0.25) is 11.8 Å². The van der Waals surface area contributed by atoms with E-state index in [1.807, 2.05) is 24.0 Å². The summed E-state index contributed by atoms with van der Waals surface area (Å²) in [5.41, 5.74) is 1.01. The quantitative estimate of drug-likeness (QED) is 0.518. The van der Waals surface area contributed by atoms with Crippen molar-refractivity contribution < 1.29 is 19.1 Å². The monoisotopic (exact) mass is 491 g/mol. The van der Waals surface area contributed by atoms with E-state index in [0.29, 0.717) is 32.2 Å². The van der Waals surface area contributed by atoms with E-state index in [1.54, 1.807) is 17.3 Å². The normalized spacial score (nSPS) is 20.2. The highest BCUT2D eigenvalue weighted by molar-refractivity contribution is 8.01. The summed E-state index contributed by atoms with van der Waals surface area (Å²) in [5.74, 6) is 0.522. The molecular weight excluding hydrogens is 462 g/mol. The van der Waals surface area contributed by atoms with Crippen LogP contribution in [0.5, 0.6) is 0 Å². The molecule has 2 fully saturated rings. The third-order valence-corrected chi connectivity index (χ3v) is 7.72. The lowest BCUT2D eigenvalue weighted by atomic mass is 9.99. The molecule has 11 heteroatoms. The number of hydrogen-bond donors (Lipinski definition) is 0. The third-order valence-electron chi connectivity index (χ3n) is 5.76. The molecule has 33 heavy (non-hydrogen) atoms. The molecule has 1 atom stereocenters. The van der Waals surface area contributed by atoms with Gasteiger partial charge in [-0.25, -0.2) is 0 Å². The number of carbonyl (C=O) groups excluding carboxylic acids is 2. The Balaban J connectivity index is 1.41. The number of hydrogen-bond acceptors (Lipinski definition) is 9. The molecule has 2 aliphatic heterocycles. The molecule has 178 valence electrons. The van der Waals surface area contributed by atoms with E-state index in [-0.39, 0.29) is 30.2 Å². The summed E-state index contributed by atoms with van der Waals surface area (Å²) in [6, 6.07) is 3.82. The molecule has 0 bridgehead atoms. The number of aryl methyl sites for hydroxylation is 1. The second kappa shape index (κ2) is 11.9. The zero-order chi connectivity index (χ0) is 23.0. The van der Waals surface area contributed by atoms with Gasteiger partial charge >= 0.3 is 0 Å². The number of carbonyl (C=O) groups is 2. The van der Waals surface area contributed by atoms with E-state index in [2.05, 4.69) is 15.2 Å². The van der Waals surface area contributed by atoms with Crippen LogP contribution in [0.25, 0.3) is 0 Å². The number of ether oxygens (including phenoxy) is 2. The minimum atomic E-state index is -0.262. The van der Waals surface area contributed by atoms with Gasteiger partial charge in [0.05, 0.1) is 25.0 Å². The van der Waals surface area contributed by atoms with E-state index < -0.39 is 0 Å². The topological polar surface area (TPSA) is 97.8 Å². The molecule has 4 heterocycles. The summed E-state index contributed by atoms with van der Waals surface area (Å²) in [6.45, 7) is 5.39. The van der Waals surface area contributed by atoms with Gasteiger partial charge in [-0.2, -0.15) is 0 Å². The van der Waals surface area contributed by atoms with Crippen molar-refractivity contribution in [3.05, 3.63) is 35.1 Å². The minimum Gasteiger partial charge on any atom is -0.381 e. The van der Waals surface area contributed by atoms with E-state index >= 15 is 0 Å². The Morgan fingerprint density at radius 1 is 1.24 bits per heavy atom. The molecular formula is C22H29N5O4S2. The van der Waals surface area contributed by atoms with Gasteiger partial charge in [0.15, 0.2) is 4.34 Å². The second-order valence-electron chi connectivity index (χ2n) is 8.29. The number of amides is 2. The highest BCUT2D eigenvalue weighted by Gasteiger charge is 2.32. The smallest absolute Gasteiger partial charge is 0.242 e. The van der Waals surface area contributed by atoms with Crippen LogP contribution in [-0.2, 0) is 25.7 Å². The highest BCUT2D eigenvalue weighted by Crippen LogP contribution is 2.23. The molecule has 2 aliphatic rings. The molecule has 2 amide bonds. The second-order valence-corrected chi connectivity index (χ2v) is 10.7. The summed E-state index contributed by atoms with van der Waals surface area (Å²) < 4.78 is 12.4. The van der Waals surface area contributed by atoms with E-state index in [4.69, 9.17) is 9.47 Å². The zero-order valence-electron chi connectivity index (χ0n) is 18.7. The van der Waals surface area contributed by atoms with Crippen LogP contribution < -0.4 is 0 Å². The number of rotatable bonds is 8. The summed E-state index contributed by atoms with van der Waals surface area (Å²) in [5, 5.41) is 8.92. The van der Waals surface area contributed by atoms with Crippen LogP contribution in [0, 0.1) is 12.8 Å². The van der Waals surface area contributed by atoms with Crippen LogP contribution in [0.3, 0.4) is 0 Å². The van der Waals surface area contributed by atoms with Crippen LogP contribution in [0.4, 0.5) is 0 Å². The lowest BCUT2D eigenvalue weighted by molar-refractivity contribution is -0.137. The first-order valence-corrected chi connectivity index (χ1v) is 12.9. The standard InChI is InChI=1S/C22H29N5O4S2/c1-16-24-25-22(33-16)32-15-21(29)27-12-19(31-14-18-2-6-23-7-3-18)11-26(20(28)13-27)10-17-4-8-30-9-5-17/h2-3,6-7,17,19H,4-5,8-15H2,1H3. The Bertz CT molecular complexity index is 923. The minimum absolute atomic E-state index is 0.0263. The van der Waals surface area contributed by atoms with Crippen molar-refractivity contribution in [3.8, 4) is 0 Å². The van der Waals surface area contributed by atoms with Crippen LogP contribution >= 0.6 is 23.1 Å². The first-order chi connectivity index (χ1) is 16.1. The largest absolute Gasteiger partial charge is 0.381 e. The van der Waals surface area contributed by atoms with Gasteiger partial charge in [0.25, 0.3) is 0 Å². The molecule has 9 nitrogen and oxygen atoms in total. The average Bonchev–Trinajstić information content (AvgIpc) is 3.19. The SMILES string of the molecule is Cc1nnc(SCC(=O)N2CC(=O)N(CC3CCOCC3)CC(OCc3ccncc3)C2)s1. The average molecular weight is 492 g/mol. The maximum Gasteiger partial charge on any atom is 0.242 e. The van der Waals surface area contributed by atoms with Crippen molar-refractivity contribution in [2.75, 3.05) is 45.1 Å². The van der Waals surface area contributed by atoms with Crippen molar-refractivity contribution >= 4 is 34.9 Å².